The molecule has 0 spiro atoms. The van der Waals surface area contributed by atoms with E-state index in [1.54, 1.807) is 19.3 Å². The summed E-state index contributed by atoms with van der Waals surface area (Å²) in [6.07, 6.45) is -1.32. The van der Waals surface area contributed by atoms with Crippen molar-refractivity contribution in [2.75, 3.05) is 20.3 Å². The van der Waals surface area contributed by atoms with E-state index in [1.807, 2.05) is 78.9 Å². The third-order valence-electron chi connectivity index (χ3n) is 6.38. The fourth-order valence-electron chi connectivity index (χ4n) is 4.45. The zero-order chi connectivity index (χ0) is 27.5. The zero-order valence-electron chi connectivity index (χ0n) is 21.9. The Bertz CT molecular complexity index is 1180. The molecule has 0 saturated carbocycles. The van der Waals surface area contributed by atoms with Gasteiger partial charge in [-0.15, -0.1) is 6.58 Å². The Balaban J connectivity index is 1.56. The smallest absolute Gasteiger partial charge is 0.252 e. The molecule has 3 aromatic carbocycles. The van der Waals surface area contributed by atoms with Crippen molar-refractivity contribution in [3.63, 3.8) is 0 Å². The van der Waals surface area contributed by atoms with Crippen molar-refractivity contribution in [1.29, 1.82) is 0 Å². The maximum Gasteiger partial charge on any atom is 0.252 e. The van der Waals surface area contributed by atoms with E-state index in [-0.39, 0.29) is 19.1 Å². The van der Waals surface area contributed by atoms with Gasteiger partial charge in [0.15, 0.2) is 6.29 Å². The SMILES string of the molecule is C=CCO[C@H]1[C@H](OCc2ccccc2)[C@@H](OCc2ccccc2)[C@@H](OC)O[C@@H]1CNC(=O)c1ccccc1I. The van der Waals surface area contributed by atoms with E-state index in [4.69, 9.17) is 23.7 Å². The molecule has 0 aliphatic carbocycles. The summed E-state index contributed by atoms with van der Waals surface area (Å²) in [5.41, 5.74) is 2.64. The summed E-state index contributed by atoms with van der Waals surface area (Å²) in [5, 5.41) is 3.00. The number of nitrogens with one attached hydrogen (secondary N) is 1. The predicted octanol–water partition coefficient (Wildman–Crippen LogP) is 5.13. The van der Waals surface area contributed by atoms with Crippen LogP contribution in [0.5, 0.6) is 0 Å². The van der Waals surface area contributed by atoms with Gasteiger partial charge in [-0.05, 0) is 45.9 Å². The quantitative estimate of drug-likeness (QED) is 0.206. The lowest BCUT2D eigenvalue weighted by Crippen LogP contribution is -2.62. The Hall–Kier alpha value is -2.60. The van der Waals surface area contributed by atoms with Crippen LogP contribution >= 0.6 is 22.6 Å². The van der Waals surface area contributed by atoms with E-state index < -0.39 is 30.7 Å². The number of benzene rings is 3. The molecule has 39 heavy (non-hydrogen) atoms. The first-order valence-electron chi connectivity index (χ1n) is 12.8. The summed E-state index contributed by atoms with van der Waals surface area (Å²) >= 11 is 2.15. The molecule has 0 bridgehead atoms. The van der Waals surface area contributed by atoms with Gasteiger partial charge in [0.2, 0.25) is 0 Å². The number of methoxy groups -OCH3 is 1. The van der Waals surface area contributed by atoms with Crippen molar-refractivity contribution in [1.82, 2.24) is 5.32 Å². The first-order valence-corrected chi connectivity index (χ1v) is 13.9. The average Bonchev–Trinajstić information content (AvgIpc) is 2.98. The maximum atomic E-state index is 13.0. The van der Waals surface area contributed by atoms with Gasteiger partial charge in [0.05, 0.1) is 25.4 Å². The third kappa shape index (κ3) is 8.20. The minimum absolute atomic E-state index is 0.191. The van der Waals surface area contributed by atoms with Gasteiger partial charge in [-0.25, -0.2) is 0 Å². The van der Waals surface area contributed by atoms with Gasteiger partial charge in [0, 0.05) is 17.2 Å². The van der Waals surface area contributed by atoms with E-state index in [9.17, 15) is 4.79 Å². The molecule has 1 amide bonds. The monoisotopic (exact) mass is 643 g/mol. The van der Waals surface area contributed by atoms with Crippen molar-refractivity contribution in [3.05, 3.63) is 118 Å². The molecule has 1 aliphatic rings. The summed E-state index contributed by atoms with van der Waals surface area (Å²) in [7, 11) is 1.57. The van der Waals surface area contributed by atoms with Gasteiger partial charge in [0.1, 0.15) is 24.4 Å². The molecule has 0 unspecified atom stereocenters. The Labute approximate surface area is 243 Å². The van der Waals surface area contributed by atoms with Crippen LogP contribution in [0.1, 0.15) is 21.5 Å². The Morgan fingerprint density at radius 2 is 1.46 bits per heavy atom. The van der Waals surface area contributed by atoms with E-state index in [1.165, 1.54) is 0 Å². The second-order valence-corrected chi connectivity index (χ2v) is 10.2. The Morgan fingerprint density at radius 1 is 0.872 bits per heavy atom. The fraction of sp³-hybridized carbons (Fsp3) is 0.323. The number of carbonyl (C=O) groups is 1. The van der Waals surface area contributed by atoms with Gasteiger partial charge in [0.25, 0.3) is 5.91 Å². The highest BCUT2D eigenvalue weighted by Crippen LogP contribution is 2.30. The molecular weight excluding hydrogens is 609 g/mol. The molecule has 0 radical (unpaired) electrons. The van der Waals surface area contributed by atoms with E-state index in [0.717, 1.165) is 14.7 Å². The van der Waals surface area contributed by atoms with Gasteiger partial charge in [-0.1, -0.05) is 78.9 Å². The number of hydrogen-bond acceptors (Lipinski definition) is 6. The van der Waals surface area contributed by atoms with E-state index in [0.29, 0.717) is 18.8 Å². The second-order valence-electron chi connectivity index (χ2n) is 9.08. The lowest BCUT2D eigenvalue weighted by Gasteiger charge is -2.45. The molecule has 5 atom stereocenters. The van der Waals surface area contributed by atoms with Crippen LogP contribution in [0.25, 0.3) is 0 Å². The highest BCUT2D eigenvalue weighted by molar-refractivity contribution is 14.1. The summed E-state index contributed by atoms with van der Waals surface area (Å²) in [5.74, 6) is -0.191. The van der Waals surface area contributed by atoms with Crippen LogP contribution in [0.15, 0.2) is 97.6 Å². The highest BCUT2D eigenvalue weighted by atomic mass is 127. The van der Waals surface area contributed by atoms with E-state index in [2.05, 4.69) is 34.5 Å². The van der Waals surface area contributed by atoms with Crippen molar-refractivity contribution in [3.8, 4) is 0 Å². The third-order valence-corrected chi connectivity index (χ3v) is 7.32. The van der Waals surface area contributed by atoms with Gasteiger partial charge >= 0.3 is 0 Å². The van der Waals surface area contributed by atoms with Crippen LogP contribution in [-0.2, 0) is 36.9 Å². The fourth-order valence-corrected chi connectivity index (χ4v) is 5.08. The van der Waals surface area contributed by atoms with Crippen molar-refractivity contribution in [2.45, 2.75) is 43.9 Å². The van der Waals surface area contributed by atoms with Gasteiger partial charge in [-0.3, -0.25) is 4.79 Å². The number of halogens is 1. The molecule has 1 fully saturated rings. The molecule has 3 aromatic rings. The minimum Gasteiger partial charge on any atom is -0.369 e. The largest absolute Gasteiger partial charge is 0.369 e. The van der Waals surface area contributed by atoms with Crippen LogP contribution in [0.2, 0.25) is 0 Å². The summed E-state index contributed by atoms with van der Waals surface area (Å²) < 4.78 is 32.1. The van der Waals surface area contributed by atoms with E-state index >= 15 is 0 Å². The lowest BCUT2D eigenvalue weighted by atomic mass is 9.97. The van der Waals surface area contributed by atoms with Crippen LogP contribution in [0.3, 0.4) is 0 Å². The topological polar surface area (TPSA) is 75.2 Å². The standard InChI is InChI=1S/C31H34INO6/c1-3-18-36-27-26(19-33-30(34)24-16-10-11-17-25(24)32)39-31(35-2)29(38-21-23-14-8-5-9-15-23)28(27)37-20-22-12-6-4-7-13-22/h3-17,26-29,31H,1,18-21H2,2H3,(H,33,34)/t26-,27-,28+,29-,31+/m1/s1. The first kappa shape index (κ1) is 29.4. The maximum absolute atomic E-state index is 13.0. The highest BCUT2D eigenvalue weighted by Gasteiger charge is 2.48. The van der Waals surface area contributed by atoms with Crippen LogP contribution in [-0.4, -0.2) is 56.9 Å². The average molecular weight is 644 g/mol. The Morgan fingerprint density at radius 3 is 2.05 bits per heavy atom. The normalized spacial score (nSPS) is 22.8. The molecule has 0 aromatic heterocycles. The molecule has 8 heteroatoms. The number of amides is 1. The minimum atomic E-state index is -0.739. The summed E-state index contributed by atoms with van der Waals surface area (Å²) in [4.78, 5) is 13.0. The molecule has 206 valence electrons. The summed E-state index contributed by atoms with van der Waals surface area (Å²) in [6.45, 7) is 4.98. The molecule has 1 saturated heterocycles. The molecule has 1 N–H and O–H groups in total. The second kappa shape index (κ2) is 15.3. The summed E-state index contributed by atoms with van der Waals surface area (Å²) in [6, 6.07) is 27.2. The predicted molar refractivity (Wildman–Crippen MR) is 157 cm³/mol. The lowest BCUT2D eigenvalue weighted by molar-refractivity contribution is -0.313. The van der Waals surface area contributed by atoms with Gasteiger partial charge < -0.3 is 29.0 Å². The molecule has 7 nitrogen and oxygen atoms in total. The zero-order valence-corrected chi connectivity index (χ0v) is 24.1. The number of rotatable bonds is 13. The Kier molecular flexibility index (Phi) is 11.5. The van der Waals surface area contributed by atoms with Gasteiger partial charge in [-0.2, -0.15) is 0 Å². The molecule has 1 aliphatic heterocycles. The van der Waals surface area contributed by atoms with Crippen molar-refractivity contribution >= 4 is 28.5 Å². The van der Waals surface area contributed by atoms with Crippen LogP contribution < -0.4 is 5.32 Å². The molecule has 4 rings (SSSR count). The van der Waals surface area contributed by atoms with Crippen molar-refractivity contribution in [2.24, 2.45) is 0 Å². The van der Waals surface area contributed by atoms with Crippen molar-refractivity contribution < 1.29 is 28.5 Å². The van der Waals surface area contributed by atoms with Crippen LogP contribution in [0.4, 0.5) is 0 Å². The number of hydrogen-bond donors (Lipinski definition) is 1. The molecular formula is C31H34INO6. The van der Waals surface area contributed by atoms with Crippen LogP contribution in [0, 0.1) is 3.57 Å². The number of ether oxygens (including phenoxy) is 5. The molecule has 1 heterocycles. The number of carbonyl (C=O) groups excluding carboxylic acids is 1. The first-order chi connectivity index (χ1) is 19.1.